The van der Waals surface area contributed by atoms with E-state index in [4.69, 9.17) is 5.11 Å². The van der Waals surface area contributed by atoms with Gasteiger partial charge in [-0.1, -0.05) is 6.07 Å². The molecule has 11 heavy (non-hydrogen) atoms. The predicted octanol–water partition coefficient (Wildman–Crippen LogP) is 1.85. The minimum Gasteiger partial charge on any atom is -0.392 e. The molecule has 1 rings (SSSR count). The Labute approximate surface area is 79.1 Å². The maximum Gasteiger partial charge on any atom is 0.0625 e. The summed E-state index contributed by atoms with van der Waals surface area (Å²) in [7, 11) is 0. The average Bonchev–Trinajstić information content (AvgIpc) is 2.07. The van der Waals surface area contributed by atoms with Crippen LogP contribution in [0.25, 0.3) is 3.58 Å². The highest BCUT2D eigenvalue weighted by atomic mass is 127. The zero-order valence-electron chi connectivity index (χ0n) is 5.87. The molecule has 0 atom stereocenters. The normalized spacial score (nSPS) is 11.6. The molecule has 0 aliphatic carbocycles. The maximum absolute atomic E-state index is 8.60. The number of hydrogen-bond donors (Lipinski definition) is 1. The molecule has 0 bridgehead atoms. The number of aliphatic hydroxyl groups excluding tert-OH is 1. The summed E-state index contributed by atoms with van der Waals surface area (Å²) in [5, 5.41) is 8.60. The van der Waals surface area contributed by atoms with Crippen LogP contribution in [0.5, 0.6) is 0 Å². The minimum absolute atomic E-state index is 0.0766. The largest absolute Gasteiger partial charge is 0.392 e. The summed E-state index contributed by atoms with van der Waals surface area (Å²) in [5.41, 5.74) is 1.04. The standard InChI is InChI=1S/C8H8INO/c9-8(3-5-11)7-2-1-4-10-6-7/h1-4,6,11H,5H2/b8-3+. The lowest BCUT2D eigenvalue weighted by atomic mass is 10.3. The second-order valence-corrected chi connectivity index (χ2v) is 3.14. The highest BCUT2D eigenvalue weighted by Crippen LogP contribution is 2.19. The molecule has 0 saturated carbocycles. The Morgan fingerprint density at radius 2 is 2.55 bits per heavy atom. The Morgan fingerprint density at radius 1 is 1.73 bits per heavy atom. The Balaban J connectivity index is 2.85. The summed E-state index contributed by atoms with van der Waals surface area (Å²) in [6, 6.07) is 3.83. The summed E-state index contributed by atoms with van der Waals surface area (Å²) in [6.07, 6.45) is 5.25. The molecule has 0 aromatic carbocycles. The van der Waals surface area contributed by atoms with E-state index in [1.165, 1.54) is 0 Å². The molecular formula is C8H8INO. The molecule has 0 unspecified atom stereocenters. The van der Waals surface area contributed by atoms with Crippen molar-refractivity contribution >= 4 is 26.2 Å². The molecular weight excluding hydrogens is 253 g/mol. The molecule has 1 aromatic heterocycles. The van der Waals surface area contributed by atoms with Gasteiger partial charge in [-0.25, -0.2) is 0 Å². The second kappa shape index (κ2) is 4.46. The van der Waals surface area contributed by atoms with Gasteiger partial charge in [0.1, 0.15) is 0 Å². The molecule has 0 fully saturated rings. The van der Waals surface area contributed by atoms with Crippen molar-refractivity contribution in [1.29, 1.82) is 0 Å². The van der Waals surface area contributed by atoms with Crippen LogP contribution in [0.1, 0.15) is 5.56 Å². The summed E-state index contributed by atoms with van der Waals surface area (Å²) >= 11 is 2.17. The lowest BCUT2D eigenvalue weighted by Gasteiger charge is -1.95. The van der Waals surface area contributed by atoms with Crippen LogP contribution in [0.4, 0.5) is 0 Å². The Hall–Kier alpha value is -0.420. The van der Waals surface area contributed by atoms with E-state index < -0.39 is 0 Å². The van der Waals surface area contributed by atoms with Crippen LogP contribution in [-0.4, -0.2) is 16.7 Å². The van der Waals surface area contributed by atoms with E-state index in [0.717, 1.165) is 9.14 Å². The van der Waals surface area contributed by atoms with Gasteiger partial charge in [0.05, 0.1) is 6.61 Å². The first-order valence-corrected chi connectivity index (χ1v) is 4.29. The van der Waals surface area contributed by atoms with Gasteiger partial charge in [-0.05, 0) is 34.7 Å². The number of aliphatic hydroxyl groups is 1. The first kappa shape index (κ1) is 8.67. The van der Waals surface area contributed by atoms with Gasteiger partial charge in [0.2, 0.25) is 0 Å². The lowest BCUT2D eigenvalue weighted by molar-refractivity contribution is 0.343. The van der Waals surface area contributed by atoms with Crippen LogP contribution in [-0.2, 0) is 0 Å². The van der Waals surface area contributed by atoms with Crippen molar-refractivity contribution in [3.8, 4) is 0 Å². The zero-order valence-corrected chi connectivity index (χ0v) is 8.02. The Kier molecular flexibility index (Phi) is 3.51. The van der Waals surface area contributed by atoms with Crippen LogP contribution in [0.2, 0.25) is 0 Å². The van der Waals surface area contributed by atoms with E-state index in [1.807, 2.05) is 12.1 Å². The molecule has 0 saturated heterocycles. The monoisotopic (exact) mass is 261 g/mol. The third kappa shape index (κ3) is 2.59. The topological polar surface area (TPSA) is 33.1 Å². The van der Waals surface area contributed by atoms with Gasteiger partial charge in [-0.2, -0.15) is 0 Å². The van der Waals surface area contributed by atoms with Crippen molar-refractivity contribution in [2.75, 3.05) is 6.61 Å². The van der Waals surface area contributed by atoms with Gasteiger partial charge < -0.3 is 5.11 Å². The van der Waals surface area contributed by atoms with E-state index in [0.29, 0.717) is 0 Å². The third-order valence-corrected chi connectivity index (χ3v) is 2.27. The molecule has 1 N–H and O–H groups in total. The van der Waals surface area contributed by atoms with Crippen molar-refractivity contribution < 1.29 is 5.11 Å². The van der Waals surface area contributed by atoms with Crippen LogP contribution in [0.3, 0.4) is 0 Å². The van der Waals surface area contributed by atoms with Gasteiger partial charge in [-0.15, -0.1) is 0 Å². The molecule has 58 valence electrons. The SMILES string of the molecule is OC/C=C(/I)c1cccnc1. The van der Waals surface area contributed by atoms with Crippen LogP contribution in [0, 0.1) is 0 Å². The van der Waals surface area contributed by atoms with Gasteiger partial charge in [0, 0.05) is 21.5 Å². The van der Waals surface area contributed by atoms with E-state index in [9.17, 15) is 0 Å². The summed E-state index contributed by atoms with van der Waals surface area (Å²) in [5.74, 6) is 0. The Morgan fingerprint density at radius 3 is 3.09 bits per heavy atom. The highest BCUT2D eigenvalue weighted by Gasteiger charge is 1.93. The minimum atomic E-state index is 0.0766. The molecule has 1 aromatic rings. The molecule has 0 spiro atoms. The van der Waals surface area contributed by atoms with Crippen LogP contribution < -0.4 is 0 Å². The quantitative estimate of drug-likeness (QED) is 0.824. The van der Waals surface area contributed by atoms with Crippen molar-refractivity contribution in [2.24, 2.45) is 0 Å². The lowest BCUT2D eigenvalue weighted by Crippen LogP contribution is -1.80. The second-order valence-electron chi connectivity index (χ2n) is 1.98. The number of nitrogens with zero attached hydrogens (tertiary/aromatic N) is 1. The van der Waals surface area contributed by atoms with E-state index in [-0.39, 0.29) is 6.61 Å². The fourth-order valence-corrected chi connectivity index (χ4v) is 1.22. The van der Waals surface area contributed by atoms with Crippen molar-refractivity contribution in [2.45, 2.75) is 0 Å². The smallest absolute Gasteiger partial charge is 0.0625 e. The van der Waals surface area contributed by atoms with Gasteiger partial charge in [-0.3, -0.25) is 4.98 Å². The van der Waals surface area contributed by atoms with Crippen molar-refractivity contribution in [1.82, 2.24) is 4.98 Å². The van der Waals surface area contributed by atoms with E-state index >= 15 is 0 Å². The van der Waals surface area contributed by atoms with E-state index in [1.54, 1.807) is 18.5 Å². The zero-order chi connectivity index (χ0) is 8.10. The fourth-order valence-electron chi connectivity index (χ4n) is 0.702. The third-order valence-electron chi connectivity index (χ3n) is 1.21. The van der Waals surface area contributed by atoms with Crippen LogP contribution in [0.15, 0.2) is 30.6 Å². The molecule has 3 heteroatoms. The first-order chi connectivity index (χ1) is 5.34. The average molecular weight is 261 g/mol. The first-order valence-electron chi connectivity index (χ1n) is 3.21. The number of hydrogen-bond acceptors (Lipinski definition) is 2. The summed E-state index contributed by atoms with van der Waals surface area (Å²) < 4.78 is 1.03. The molecule has 0 amide bonds. The maximum atomic E-state index is 8.60. The predicted molar refractivity (Wildman–Crippen MR) is 53.3 cm³/mol. The fraction of sp³-hybridized carbons (Fsp3) is 0.125. The van der Waals surface area contributed by atoms with Crippen molar-refractivity contribution in [3.05, 3.63) is 36.2 Å². The Bertz CT molecular complexity index is 246. The van der Waals surface area contributed by atoms with Crippen LogP contribution >= 0.6 is 22.6 Å². The number of rotatable bonds is 2. The molecule has 0 aliphatic rings. The number of halogens is 1. The van der Waals surface area contributed by atoms with Gasteiger partial charge in [0.15, 0.2) is 0 Å². The van der Waals surface area contributed by atoms with E-state index in [2.05, 4.69) is 27.6 Å². The van der Waals surface area contributed by atoms with Gasteiger partial charge >= 0.3 is 0 Å². The van der Waals surface area contributed by atoms with Gasteiger partial charge in [0.25, 0.3) is 0 Å². The molecule has 2 nitrogen and oxygen atoms in total. The summed E-state index contributed by atoms with van der Waals surface area (Å²) in [6.45, 7) is 0.0766. The number of pyridine rings is 1. The number of aromatic nitrogens is 1. The van der Waals surface area contributed by atoms with Crippen molar-refractivity contribution in [3.63, 3.8) is 0 Å². The molecule has 0 aliphatic heterocycles. The highest BCUT2D eigenvalue weighted by molar-refractivity contribution is 14.1. The molecule has 0 radical (unpaired) electrons. The summed E-state index contributed by atoms with van der Waals surface area (Å²) in [4.78, 5) is 3.96. The molecule has 1 heterocycles.